The molecule has 0 aliphatic heterocycles. The summed E-state index contributed by atoms with van der Waals surface area (Å²) >= 11 is 0. The van der Waals surface area contributed by atoms with Gasteiger partial charge in [-0.1, -0.05) is 42.5 Å². The Morgan fingerprint density at radius 1 is 0.903 bits per heavy atom. The van der Waals surface area contributed by atoms with Crippen molar-refractivity contribution in [2.75, 3.05) is 0 Å². The highest BCUT2D eigenvalue weighted by molar-refractivity contribution is 5.78. The molecule has 2 heterocycles. The van der Waals surface area contributed by atoms with E-state index in [0.29, 0.717) is 16.7 Å². The third kappa shape index (κ3) is 4.42. The van der Waals surface area contributed by atoms with Crippen LogP contribution in [-0.4, -0.2) is 20.0 Å². The van der Waals surface area contributed by atoms with Crippen LogP contribution in [0.3, 0.4) is 0 Å². The molecule has 0 fully saturated rings. The number of amides is 1. The first-order chi connectivity index (χ1) is 15.0. The zero-order valence-electron chi connectivity index (χ0n) is 16.5. The molecule has 1 amide bonds. The van der Waals surface area contributed by atoms with Crippen molar-refractivity contribution in [3.63, 3.8) is 0 Å². The summed E-state index contributed by atoms with van der Waals surface area (Å²) in [7, 11) is 0. The van der Waals surface area contributed by atoms with E-state index in [1.54, 1.807) is 24.3 Å². The summed E-state index contributed by atoms with van der Waals surface area (Å²) in [5.74, 6) is -0.876. The smallest absolute Gasteiger partial charge is 0.318 e. The molecule has 0 radical (unpaired) electrons. The van der Waals surface area contributed by atoms with E-state index in [4.69, 9.17) is 0 Å². The molecule has 4 aromatic rings. The molecule has 7 nitrogen and oxygen atoms in total. The van der Waals surface area contributed by atoms with Crippen LogP contribution in [0.15, 0.2) is 82.5 Å². The van der Waals surface area contributed by atoms with E-state index in [-0.39, 0.29) is 19.6 Å². The van der Waals surface area contributed by atoms with Crippen LogP contribution >= 0.6 is 0 Å². The summed E-state index contributed by atoms with van der Waals surface area (Å²) in [4.78, 5) is 42.4. The molecular formula is C23H19FN4O3. The van der Waals surface area contributed by atoms with Gasteiger partial charge in [0.05, 0.1) is 12.1 Å². The molecule has 2 aromatic heterocycles. The topological polar surface area (TPSA) is 86.0 Å². The Morgan fingerprint density at radius 3 is 2.42 bits per heavy atom. The summed E-state index contributed by atoms with van der Waals surface area (Å²) in [6.45, 7) is -0.0562. The molecule has 0 unspecified atom stereocenters. The lowest BCUT2D eigenvalue weighted by Gasteiger charge is -2.14. The number of rotatable bonds is 6. The second-order valence-corrected chi connectivity index (χ2v) is 7.02. The summed E-state index contributed by atoms with van der Waals surface area (Å²) in [6, 6.07) is 18.4. The maximum atomic E-state index is 13.3. The van der Waals surface area contributed by atoms with Gasteiger partial charge < -0.3 is 5.32 Å². The van der Waals surface area contributed by atoms with Gasteiger partial charge in [-0.15, -0.1) is 0 Å². The lowest BCUT2D eigenvalue weighted by atomic mass is 10.2. The maximum Gasteiger partial charge on any atom is 0.318 e. The number of carbonyl (C=O) groups is 1. The lowest BCUT2D eigenvalue weighted by Crippen LogP contribution is -2.44. The van der Waals surface area contributed by atoms with E-state index < -0.39 is 22.8 Å². The van der Waals surface area contributed by atoms with Gasteiger partial charge in [-0.05, 0) is 35.4 Å². The van der Waals surface area contributed by atoms with Gasteiger partial charge in [-0.25, -0.2) is 9.37 Å². The maximum absolute atomic E-state index is 13.3. The highest BCUT2D eigenvalue weighted by atomic mass is 19.1. The Balaban J connectivity index is 1.65. The van der Waals surface area contributed by atoms with E-state index in [1.165, 1.54) is 22.9 Å². The first kappa shape index (κ1) is 20.2. The summed E-state index contributed by atoms with van der Waals surface area (Å²) < 4.78 is 15.7. The SMILES string of the molecule is O=C(Cn1c(=O)c(=O)n(Cc2ccccc2)c2ncccc21)NCc1cccc(F)c1. The molecule has 0 spiro atoms. The van der Waals surface area contributed by atoms with Crippen molar-refractivity contribution in [3.05, 3.63) is 111 Å². The zero-order chi connectivity index (χ0) is 21.8. The van der Waals surface area contributed by atoms with E-state index in [0.717, 1.165) is 10.1 Å². The van der Waals surface area contributed by atoms with Crippen molar-refractivity contribution in [2.45, 2.75) is 19.6 Å². The van der Waals surface area contributed by atoms with Crippen molar-refractivity contribution in [1.82, 2.24) is 19.4 Å². The van der Waals surface area contributed by atoms with Gasteiger partial charge in [0, 0.05) is 12.7 Å². The first-order valence-electron chi connectivity index (χ1n) is 9.66. The van der Waals surface area contributed by atoms with Crippen LogP contribution in [0.25, 0.3) is 11.2 Å². The predicted molar refractivity (Wildman–Crippen MR) is 114 cm³/mol. The van der Waals surface area contributed by atoms with Crippen LogP contribution < -0.4 is 16.4 Å². The van der Waals surface area contributed by atoms with Crippen molar-refractivity contribution in [1.29, 1.82) is 0 Å². The molecule has 31 heavy (non-hydrogen) atoms. The number of carbonyl (C=O) groups excluding carboxylic acids is 1. The van der Waals surface area contributed by atoms with Crippen molar-refractivity contribution >= 4 is 17.1 Å². The largest absolute Gasteiger partial charge is 0.350 e. The minimum absolute atomic E-state index is 0.104. The van der Waals surface area contributed by atoms with Gasteiger partial charge in [-0.3, -0.25) is 23.5 Å². The fourth-order valence-corrected chi connectivity index (χ4v) is 3.36. The average molecular weight is 418 g/mol. The fourth-order valence-electron chi connectivity index (χ4n) is 3.36. The standard InChI is InChI=1S/C23H19FN4O3/c24-18-9-4-8-17(12-18)13-26-20(29)15-27-19-10-5-11-25-21(19)28(23(31)22(27)30)14-16-6-2-1-3-7-16/h1-12H,13-15H2,(H,26,29). The number of hydrogen-bond donors (Lipinski definition) is 1. The van der Waals surface area contributed by atoms with Gasteiger partial charge in [0.15, 0.2) is 5.65 Å². The molecule has 156 valence electrons. The molecule has 0 aliphatic rings. The summed E-state index contributed by atoms with van der Waals surface area (Å²) in [5.41, 5.74) is 0.565. The Bertz CT molecular complexity index is 1360. The molecule has 4 rings (SSSR count). The number of aromatic nitrogens is 3. The molecular weight excluding hydrogens is 399 g/mol. The van der Waals surface area contributed by atoms with Crippen molar-refractivity contribution < 1.29 is 9.18 Å². The molecule has 0 atom stereocenters. The number of benzene rings is 2. The molecule has 2 aromatic carbocycles. The van der Waals surface area contributed by atoms with Gasteiger partial charge in [-0.2, -0.15) is 0 Å². The number of pyridine rings is 1. The minimum atomic E-state index is -0.808. The minimum Gasteiger partial charge on any atom is -0.350 e. The Labute approximate surface area is 176 Å². The average Bonchev–Trinajstić information content (AvgIpc) is 2.79. The quantitative estimate of drug-likeness (QED) is 0.486. The fraction of sp³-hybridized carbons (Fsp3) is 0.130. The van der Waals surface area contributed by atoms with Gasteiger partial charge >= 0.3 is 11.1 Å². The molecule has 0 aliphatic carbocycles. The number of nitrogens with one attached hydrogen (secondary N) is 1. The van der Waals surface area contributed by atoms with Gasteiger partial charge in [0.25, 0.3) is 0 Å². The first-order valence-corrected chi connectivity index (χ1v) is 9.66. The second-order valence-electron chi connectivity index (χ2n) is 7.02. The van der Waals surface area contributed by atoms with Crippen LogP contribution in [0.4, 0.5) is 4.39 Å². The number of halogens is 1. The number of hydrogen-bond acceptors (Lipinski definition) is 4. The Morgan fingerprint density at radius 2 is 1.65 bits per heavy atom. The highest BCUT2D eigenvalue weighted by Gasteiger charge is 2.16. The van der Waals surface area contributed by atoms with Crippen molar-refractivity contribution in [2.24, 2.45) is 0 Å². The predicted octanol–water partition coefficient (Wildman–Crippen LogP) is 2.06. The lowest BCUT2D eigenvalue weighted by molar-refractivity contribution is -0.121. The molecule has 1 N–H and O–H groups in total. The van der Waals surface area contributed by atoms with Crippen LogP contribution in [0.1, 0.15) is 11.1 Å². The third-order valence-electron chi connectivity index (χ3n) is 4.85. The van der Waals surface area contributed by atoms with E-state index >= 15 is 0 Å². The molecule has 0 bridgehead atoms. The monoisotopic (exact) mass is 418 g/mol. The molecule has 0 saturated heterocycles. The number of nitrogens with zero attached hydrogens (tertiary/aromatic N) is 3. The van der Waals surface area contributed by atoms with Crippen LogP contribution in [0.5, 0.6) is 0 Å². The van der Waals surface area contributed by atoms with E-state index in [1.807, 2.05) is 30.3 Å². The second kappa shape index (κ2) is 8.74. The third-order valence-corrected chi connectivity index (χ3v) is 4.85. The zero-order valence-corrected chi connectivity index (χ0v) is 16.5. The van der Waals surface area contributed by atoms with Crippen LogP contribution in [0, 0.1) is 5.82 Å². The molecule has 8 heteroatoms. The summed E-state index contributed by atoms with van der Waals surface area (Å²) in [5, 5.41) is 2.65. The van der Waals surface area contributed by atoms with Crippen LogP contribution in [0.2, 0.25) is 0 Å². The van der Waals surface area contributed by atoms with Crippen LogP contribution in [-0.2, 0) is 24.4 Å². The highest BCUT2D eigenvalue weighted by Crippen LogP contribution is 2.10. The normalized spacial score (nSPS) is 10.9. The van der Waals surface area contributed by atoms with E-state index in [2.05, 4.69) is 10.3 Å². The number of fused-ring (bicyclic) bond motifs is 1. The Hall–Kier alpha value is -4.07. The molecule has 0 saturated carbocycles. The van der Waals surface area contributed by atoms with Gasteiger partial charge in [0.2, 0.25) is 5.91 Å². The van der Waals surface area contributed by atoms with Gasteiger partial charge in [0.1, 0.15) is 12.4 Å². The van der Waals surface area contributed by atoms with Crippen molar-refractivity contribution in [3.8, 4) is 0 Å². The van der Waals surface area contributed by atoms with E-state index in [9.17, 15) is 18.8 Å². The summed E-state index contributed by atoms with van der Waals surface area (Å²) in [6.07, 6.45) is 1.53. The Kier molecular flexibility index (Phi) is 5.70.